The van der Waals surface area contributed by atoms with Crippen molar-refractivity contribution in [3.63, 3.8) is 0 Å². The molecule has 4 heteroatoms. The van der Waals surface area contributed by atoms with Crippen LogP contribution in [0.1, 0.15) is 53.0 Å². The van der Waals surface area contributed by atoms with Gasteiger partial charge in [-0.2, -0.15) is 0 Å². The molecule has 1 aliphatic heterocycles. The van der Waals surface area contributed by atoms with Gasteiger partial charge in [0.2, 0.25) is 0 Å². The molecule has 1 aliphatic rings. The van der Waals surface area contributed by atoms with Crippen molar-refractivity contribution < 1.29 is 9.53 Å². The predicted molar refractivity (Wildman–Crippen MR) is 116 cm³/mol. The Morgan fingerprint density at radius 1 is 0.893 bits per heavy atom. The topological polar surface area (TPSA) is 41.6 Å². The van der Waals surface area contributed by atoms with Gasteiger partial charge in [-0.05, 0) is 74.1 Å². The normalized spacial score (nSPS) is 14.8. The molecule has 0 saturated carbocycles. The molecule has 0 atom stereocenters. The third-order valence-corrected chi connectivity index (χ3v) is 5.24. The molecule has 0 aliphatic carbocycles. The lowest BCUT2D eigenvalue weighted by molar-refractivity contribution is -0.128. The van der Waals surface area contributed by atoms with Crippen LogP contribution in [0.3, 0.4) is 0 Å². The number of amides is 1. The molecular weight excluding hydrogens is 348 g/mol. The van der Waals surface area contributed by atoms with E-state index >= 15 is 0 Å². The van der Waals surface area contributed by atoms with Crippen molar-refractivity contribution in [3.05, 3.63) is 54.1 Å². The second-order valence-electron chi connectivity index (χ2n) is 9.08. The number of benzene rings is 2. The van der Waals surface area contributed by atoms with Crippen LogP contribution in [-0.2, 0) is 10.2 Å². The van der Waals surface area contributed by atoms with Crippen molar-refractivity contribution in [1.82, 2.24) is 0 Å². The van der Waals surface area contributed by atoms with Crippen molar-refractivity contribution in [2.75, 3.05) is 23.3 Å². The van der Waals surface area contributed by atoms with Crippen molar-refractivity contribution in [3.8, 4) is 5.75 Å². The maximum Gasteiger partial charge on any atom is 0.267 e. The summed E-state index contributed by atoms with van der Waals surface area (Å²) in [6.45, 7) is 12.3. The maximum atomic E-state index is 12.8. The Morgan fingerprint density at radius 3 is 2.00 bits per heavy atom. The molecule has 1 heterocycles. The zero-order valence-electron chi connectivity index (χ0n) is 17.7. The fourth-order valence-electron chi connectivity index (χ4n) is 3.38. The summed E-state index contributed by atoms with van der Waals surface area (Å²) in [5, 5.41) is 2.97. The lowest BCUT2D eigenvalue weighted by Gasteiger charge is -2.26. The van der Waals surface area contributed by atoms with Crippen LogP contribution >= 0.6 is 0 Å². The number of hydrogen-bond donors (Lipinski definition) is 1. The average Bonchev–Trinajstić information content (AvgIpc) is 3.16. The smallest absolute Gasteiger partial charge is 0.267 e. The van der Waals surface area contributed by atoms with Crippen LogP contribution in [0.15, 0.2) is 48.5 Å². The van der Waals surface area contributed by atoms with Gasteiger partial charge in [0.1, 0.15) is 5.75 Å². The van der Waals surface area contributed by atoms with E-state index in [9.17, 15) is 4.79 Å². The maximum absolute atomic E-state index is 12.8. The van der Waals surface area contributed by atoms with Gasteiger partial charge in [-0.25, -0.2) is 0 Å². The molecular formula is C24H32N2O2. The Hall–Kier alpha value is -2.49. The Kier molecular flexibility index (Phi) is 5.69. The number of anilines is 2. The summed E-state index contributed by atoms with van der Waals surface area (Å²) in [4.78, 5) is 15.1. The standard InChI is InChI=1S/C24H32N2O2/c1-23(2,3)18-8-14-21(15-9-18)28-24(4,5)22(27)25-19-10-12-20(13-11-19)26-16-6-7-17-26/h8-15H,6-7,16-17H2,1-5H3,(H,25,27). The van der Waals surface area contributed by atoms with Gasteiger partial charge in [-0.15, -0.1) is 0 Å². The highest BCUT2D eigenvalue weighted by Crippen LogP contribution is 2.27. The van der Waals surface area contributed by atoms with Crippen LogP contribution in [0.5, 0.6) is 5.75 Å². The molecule has 0 spiro atoms. The molecule has 4 nitrogen and oxygen atoms in total. The third kappa shape index (κ3) is 4.86. The summed E-state index contributed by atoms with van der Waals surface area (Å²) in [5.74, 6) is 0.527. The minimum Gasteiger partial charge on any atom is -0.478 e. The summed E-state index contributed by atoms with van der Waals surface area (Å²) >= 11 is 0. The SMILES string of the molecule is CC(C)(Oc1ccc(C(C)(C)C)cc1)C(=O)Nc1ccc(N2CCCC2)cc1. The van der Waals surface area contributed by atoms with Gasteiger partial charge in [0.25, 0.3) is 5.91 Å². The fraction of sp³-hybridized carbons (Fsp3) is 0.458. The lowest BCUT2D eigenvalue weighted by Crippen LogP contribution is -2.42. The van der Waals surface area contributed by atoms with Crippen molar-refractivity contribution in [2.24, 2.45) is 0 Å². The number of ether oxygens (including phenoxy) is 1. The summed E-state index contributed by atoms with van der Waals surface area (Å²) in [6, 6.07) is 16.0. The predicted octanol–water partition coefficient (Wildman–Crippen LogP) is 5.38. The van der Waals surface area contributed by atoms with E-state index in [-0.39, 0.29) is 11.3 Å². The molecule has 2 aromatic rings. The zero-order valence-corrected chi connectivity index (χ0v) is 17.7. The van der Waals surface area contributed by atoms with Crippen LogP contribution in [0, 0.1) is 0 Å². The van der Waals surface area contributed by atoms with E-state index in [2.05, 4.69) is 55.3 Å². The highest BCUT2D eigenvalue weighted by Gasteiger charge is 2.30. The Bertz CT molecular complexity index is 796. The number of carbonyl (C=O) groups is 1. The number of carbonyl (C=O) groups excluding carboxylic acids is 1. The second-order valence-corrected chi connectivity index (χ2v) is 9.08. The van der Waals surface area contributed by atoms with Gasteiger partial charge >= 0.3 is 0 Å². The molecule has 0 radical (unpaired) electrons. The van der Waals surface area contributed by atoms with E-state index in [4.69, 9.17) is 4.74 Å². The first kappa shape index (κ1) is 20.2. The van der Waals surface area contributed by atoms with Gasteiger partial charge in [-0.1, -0.05) is 32.9 Å². The molecule has 2 aromatic carbocycles. The number of hydrogen-bond acceptors (Lipinski definition) is 3. The van der Waals surface area contributed by atoms with E-state index in [0.29, 0.717) is 5.75 Å². The minimum absolute atomic E-state index is 0.0899. The molecule has 1 fully saturated rings. The van der Waals surface area contributed by atoms with E-state index < -0.39 is 5.60 Å². The van der Waals surface area contributed by atoms with Crippen molar-refractivity contribution >= 4 is 17.3 Å². The third-order valence-electron chi connectivity index (χ3n) is 5.24. The summed E-state index contributed by atoms with van der Waals surface area (Å²) in [5.41, 5.74) is 2.35. The summed E-state index contributed by atoms with van der Waals surface area (Å²) < 4.78 is 5.99. The van der Waals surface area contributed by atoms with Crippen LogP contribution in [0.25, 0.3) is 0 Å². The van der Waals surface area contributed by atoms with Crippen LogP contribution in [0.4, 0.5) is 11.4 Å². The van der Waals surface area contributed by atoms with Gasteiger partial charge in [-0.3, -0.25) is 4.79 Å². The van der Waals surface area contributed by atoms with Gasteiger partial charge in [0, 0.05) is 24.5 Å². The van der Waals surface area contributed by atoms with Crippen LogP contribution in [-0.4, -0.2) is 24.6 Å². The van der Waals surface area contributed by atoms with Gasteiger partial charge < -0.3 is 15.0 Å². The second kappa shape index (κ2) is 7.86. The first-order valence-electron chi connectivity index (χ1n) is 10.1. The molecule has 1 amide bonds. The molecule has 0 unspecified atom stereocenters. The molecule has 1 saturated heterocycles. The molecule has 0 bridgehead atoms. The van der Waals surface area contributed by atoms with Crippen molar-refractivity contribution in [1.29, 1.82) is 0 Å². The monoisotopic (exact) mass is 380 g/mol. The molecule has 28 heavy (non-hydrogen) atoms. The van der Waals surface area contributed by atoms with E-state index in [1.165, 1.54) is 24.1 Å². The van der Waals surface area contributed by atoms with Gasteiger partial charge in [0.15, 0.2) is 5.60 Å². The fourth-order valence-corrected chi connectivity index (χ4v) is 3.38. The lowest BCUT2D eigenvalue weighted by atomic mass is 9.87. The molecule has 1 N–H and O–H groups in total. The highest BCUT2D eigenvalue weighted by atomic mass is 16.5. The Morgan fingerprint density at radius 2 is 1.46 bits per heavy atom. The first-order chi connectivity index (χ1) is 13.1. The van der Waals surface area contributed by atoms with E-state index in [1.54, 1.807) is 13.8 Å². The number of rotatable bonds is 5. The minimum atomic E-state index is -0.975. The van der Waals surface area contributed by atoms with Crippen LogP contribution < -0.4 is 15.0 Å². The Labute approximate surface area is 168 Å². The highest BCUT2D eigenvalue weighted by molar-refractivity contribution is 5.97. The molecule has 3 rings (SSSR count). The first-order valence-corrected chi connectivity index (χ1v) is 10.1. The van der Waals surface area contributed by atoms with Gasteiger partial charge in [0.05, 0.1) is 0 Å². The number of nitrogens with zero attached hydrogens (tertiary/aromatic N) is 1. The zero-order chi connectivity index (χ0) is 20.4. The summed E-state index contributed by atoms with van der Waals surface area (Å²) in [6.07, 6.45) is 2.50. The largest absolute Gasteiger partial charge is 0.478 e. The summed E-state index contributed by atoms with van der Waals surface area (Å²) in [7, 11) is 0. The Balaban J connectivity index is 1.62. The van der Waals surface area contributed by atoms with Crippen molar-refractivity contribution in [2.45, 2.75) is 58.5 Å². The quantitative estimate of drug-likeness (QED) is 0.757. The van der Waals surface area contributed by atoms with E-state index in [1.807, 2.05) is 24.3 Å². The van der Waals surface area contributed by atoms with E-state index in [0.717, 1.165) is 18.8 Å². The van der Waals surface area contributed by atoms with Crippen LogP contribution in [0.2, 0.25) is 0 Å². The molecule has 150 valence electrons. The number of nitrogens with one attached hydrogen (secondary N) is 1. The average molecular weight is 381 g/mol. The molecule has 0 aromatic heterocycles.